The minimum Gasteiger partial charge on any atom is -0.393 e. The predicted octanol–water partition coefficient (Wildman–Crippen LogP) is 2.03. The van der Waals surface area contributed by atoms with Gasteiger partial charge in [-0.2, -0.15) is 0 Å². The van der Waals surface area contributed by atoms with E-state index in [-0.39, 0.29) is 11.0 Å². The number of hydrogen-bond donors (Lipinski definition) is 2. The van der Waals surface area contributed by atoms with Gasteiger partial charge in [0.25, 0.3) is 0 Å². The van der Waals surface area contributed by atoms with Gasteiger partial charge >= 0.3 is 0 Å². The van der Waals surface area contributed by atoms with Crippen molar-refractivity contribution in [1.29, 1.82) is 0 Å². The van der Waals surface area contributed by atoms with Crippen molar-refractivity contribution in [1.82, 2.24) is 4.72 Å². The van der Waals surface area contributed by atoms with Crippen molar-refractivity contribution < 1.29 is 17.9 Å². The fraction of sp³-hybridized carbons (Fsp3) is 0.455. The molecule has 102 valence electrons. The van der Waals surface area contributed by atoms with Crippen LogP contribution in [-0.4, -0.2) is 26.2 Å². The molecule has 0 saturated heterocycles. The number of halogens is 2. The summed E-state index contributed by atoms with van der Waals surface area (Å²) in [6.45, 7) is 1.87. The number of sulfonamides is 1. The second-order valence-electron chi connectivity index (χ2n) is 3.80. The van der Waals surface area contributed by atoms with Gasteiger partial charge in [-0.1, -0.05) is 13.0 Å². The van der Waals surface area contributed by atoms with E-state index in [1.54, 1.807) is 6.92 Å². The van der Waals surface area contributed by atoms with Crippen molar-refractivity contribution >= 4 is 26.0 Å². The highest BCUT2D eigenvalue weighted by atomic mass is 79.9. The number of aliphatic hydroxyl groups excluding tert-OH is 1. The lowest BCUT2D eigenvalue weighted by Crippen LogP contribution is -2.28. The third kappa shape index (κ3) is 4.01. The normalized spacial score (nSPS) is 13.6. The Bertz CT molecular complexity index is 487. The molecular formula is C11H15BrFNO3S. The molecule has 0 aliphatic carbocycles. The summed E-state index contributed by atoms with van der Waals surface area (Å²) in [6.07, 6.45) is 0.282. The lowest BCUT2D eigenvalue weighted by Gasteiger charge is -2.11. The Hall–Kier alpha value is -0.500. The standard InChI is InChI=1S/C11H15BrFNO3S/c1-2-8(15)6-7-14-18(16,17)11-9(12)4-3-5-10(11)13/h3-5,8,14-15H,2,6-7H2,1H3. The van der Waals surface area contributed by atoms with Gasteiger partial charge in [0.15, 0.2) is 0 Å². The zero-order valence-corrected chi connectivity index (χ0v) is 12.3. The van der Waals surface area contributed by atoms with E-state index in [1.807, 2.05) is 0 Å². The maximum atomic E-state index is 13.5. The van der Waals surface area contributed by atoms with Crippen LogP contribution in [0.2, 0.25) is 0 Å². The Morgan fingerprint density at radius 2 is 2.17 bits per heavy atom. The van der Waals surface area contributed by atoms with Crippen molar-refractivity contribution in [3.8, 4) is 0 Å². The minimum atomic E-state index is -3.91. The Morgan fingerprint density at radius 3 is 2.72 bits per heavy atom. The average molecular weight is 340 g/mol. The maximum absolute atomic E-state index is 13.5. The van der Waals surface area contributed by atoms with Gasteiger partial charge in [0, 0.05) is 11.0 Å². The van der Waals surface area contributed by atoms with E-state index in [4.69, 9.17) is 0 Å². The Labute approximate surface area is 114 Å². The monoisotopic (exact) mass is 339 g/mol. The van der Waals surface area contributed by atoms with Crippen LogP contribution >= 0.6 is 15.9 Å². The molecule has 7 heteroatoms. The Balaban J connectivity index is 2.81. The number of aliphatic hydroxyl groups is 1. The van der Waals surface area contributed by atoms with Crippen LogP contribution in [0.25, 0.3) is 0 Å². The van der Waals surface area contributed by atoms with Gasteiger partial charge in [-0.05, 0) is 40.9 Å². The van der Waals surface area contributed by atoms with Crippen LogP contribution in [0.3, 0.4) is 0 Å². The molecule has 0 bridgehead atoms. The lowest BCUT2D eigenvalue weighted by molar-refractivity contribution is 0.162. The first-order valence-corrected chi connectivity index (χ1v) is 7.78. The van der Waals surface area contributed by atoms with Gasteiger partial charge in [0.1, 0.15) is 10.7 Å². The molecule has 0 fully saturated rings. The molecule has 0 aliphatic heterocycles. The summed E-state index contributed by atoms with van der Waals surface area (Å²) >= 11 is 3.01. The van der Waals surface area contributed by atoms with Gasteiger partial charge in [-0.3, -0.25) is 0 Å². The van der Waals surface area contributed by atoms with Crippen molar-refractivity contribution in [2.75, 3.05) is 6.54 Å². The van der Waals surface area contributed by atoms with Crippen LogP contribution in [0.5, 0.6) is 0 Å². The van der Waals surface area contributed by atoms with Crippen molar-refractivity contribution in [3.63, 3.8) is 0 Å². The van der Waals surface area contributed by atoms with E-state index >= 15 is 0 Å². The summed E-state index contributed by atoms with van der Waals surface area (Å²) in [7, 11) is -3.91. The van der Waals surface area contributed by atoms with Crippen molar-refractivity contribution in [2.24, 2.45) is 0 Å². The van der Waals surface area contributed by atoms with E-state index in [9.17, 15) is 17.9 Å². The third-order valence-electron chi connectivity index (χ3n) is 2.43. The van der Waals surface area contributed by atoms with E-state index in [0.29, 0.717) is 12.8 Å². The molecule has 0 amide bonds. The molecule has 0 aromatic heterocycles. The summed E-state index contributed by atoms with van der Waals surface area (Å²) < 4.78 is 39.7. The molecule has 18 heavy (non-hydrogen) atoms. The predicted molar refractivity (Wildman–Crippen MR) is 70.2 cm³/mol. The molecule has 0 heterocycles. The lowest BCUT2D eigenvalue weighted by atomic mass is 10.2. The first kappa shape index (κ1) is 15.6. The summed E-state index contributed by atoms with van der Waals surface area (Å²) in [5, 5.41) is 9.32. The molecule has 0 saturated carbocycles. The van der Waals surface area contributed by atoms with Crippen molar-refractivity contribution in [3.05, 3.63) is 28.5 Å². The molecule has 1 rings (SSSR count). The molecule has 1 aromatic rings. The smallest absolute Gasteiger partial charge is 0.244 e. The first-order valence-electron chi connectivity index (χ1n) is 5.50. The molecule has 4 nitrogen and oxygen atoms in total. The van der Waals surface area contributed by atoms with Crippen LogP contribution in [-0.2, 0) is 10.0 Å². The highest BCUT2D eigenvalue weighted by Crippen LogP contribution is 2.24. The van der Waals surface area contributed by atoms with Gasteiger partial charge in [0.2, 0.25) is 10.0 Å². The quantitative estimate of drug-likeness (QED) is 0.833. The topological polar surface area (TPSA) is 66.4 Å². The number of nitrogens with one attached hydrogen (secondary N) is 1. The number of hydrogen-bond acceptors (Lipinski definition) is 3. The van der Waals surface area contributed by atoms with Crippen LogP contribution in [0, 0.1) is 5.82 Å². The van der Waals surface area contributed by atoms with E-state index in [0.717, 1.165) is 6.07 Å². The van der Waals surface area contributed by atoms with Gasteiger partial charge in [-0.25, -0.2) is 17.5 Å². The molecule has 0 spiro atoms. The fourth-order valence-electron chi connectivity index (χ4n) is 1.38. The zero-order valence-electron chi connectivity index (χ0n) is 9.86. The van der Waals surface area contributed by atoms with Crippen LogP contribution < -0.4 is 4.72 Å². The Kier molecular flexibility index (Phi) is 5.71. The maximum Gasteiger partial charge on any atom is 0.244 e. The molecular weight excluding hydrogens is 325 g/mol. The van der Waals surface area contributed by atoms with Crippen LogP contribution in [0.4, 0.5) is 4.39 Å². The SMILES string of the molecule is CCC(O)CCNS(=O)(=O)c1c(F)cccc1Br. The van der Waals surface area contributed by atoms with E-state index in [2.05, 4.69) is 20.7 Å². The van der Waals surface area contributed by atoms with Crippen molar-refractivity contribution in [2.45, 2.75) is 30.8 Å². The summed E-state index contributed by atoms with van der Waals surface area (Å²) in [5.41, 5.74) is 0. The second-order valence-corrected chi connectivity index (χ2v) is 6.36. The zero-order chi connectivity index (χ0) is 13.8. The second kappa shape index (κ2) is 6.60. The molecule has 1 aromatic carbocycles. The summed E-state index contributed by atoms with van der Waals surface area (Å²) in [4.78, 5) is -0.406. The van der Waals surface area contributed by atoms with Crippen LogP contribution in [0.1, 0.15) is 19.8 Å². The van der Waals surface area contributed by atoms with Gasteiger partial charge < -0.3 is 5.11 Å². The first-order chi connectivity index (χ1) is 8.38. The van der Waals surface area contributed by atoms with E-state index in [1.165, 1.54) is 12.1 Å². The Morgan fingerprint density at radius 1 is 1.50 bits per heavy atom. The molecule has 0 radical (unpaired) electrons. The average Bonchev–Trinajstić information content (AvgIpc) is 2.27. The number of rotatable bonds is 6. The highest BCUT2D eigenvalue weighted by molar-refractivity contribution is 9.10. The fourth-order valence-corrected chi connectivity index (χ4v) is 3.54. The largest absolute Gasteiger partial charge is 0.393 e. The van der Waals surface area contributed by atoms with Gasteiger partial charge in [0.05, 0.1) is 6.10 Å². The number of benzene rings is 1. The molecule has 0 aliphatic rings. The highest BCUT2D eigenvalue weighted by Gasteiger charge is 2.21. The molecule has 1 atom stereocenters. The van der Waals surface area contributed by atoms with Crippen LogP contribution in [0.15, 0.2) is 27.6 Å². The summed E-state index contributed by atoms with van der Waals surface area (Å²) in [5.74, 6) is -0.812. The minimum absolute atomic E-state index is 0.0676. The summed E-state index contributed by atoms with van der Waals surface area (Å²) in [6, 6.07) is 3.96. The molecule has 1 unspecified atom stereocenters. The van der Waals surface area contributed by atoms with E-state index < -0.39 is 26.8 Å². The molecule has 2 N–H and O–H groups in total. The third-order valence-corrected chi connectivity index (χ3v) is 4.89. The van der Waals surface area contributed by atoms with Gasteiger partial charge in [-0.15, -0.1) is 0 Å².